The van der Waals surface area contributed by atoms with E-state index in [0.29, 0.717) is 28.2 Å². The fourth-order valence-corrected chi connectivity index (χ4v) is 3.18. The maximum Gasteiger partial charge on any atom is 0.230 e. The largest absolute Gasteiger partial charge is 0.496 e. The van der Waals surface area contributed by atoms with Crippen molar-refractivity contribution >= 4 is 34.9 Å². The van der Waals surface area contributed by atoms with Crippen LogP contribution in [0, 0.1) is 6.92 Å². The second kappa shape index (κ2) is 8.46. The molecule has 0 saturated heterocycles. The Balaban J connectivity index is 1.74. The molecule has 0 spiro atoms. The first-order valence-corrected chi connectivity index (χ1v) is 9.11. The Morgan fingerprint density at radius 3 is 2.78 bits per heavy atom. The van der Waals surface area contributed by atoms with Crippen molar-refractivity contribution in [3.8, 4) is 5.75 Å². The van der Waals surface area contributed by atoms with Crippen molar-refractivity contribution in [1.29, 1.82) is 0 Å². The Labute approximate surface area is 167 Å². The summed E-state index contributed by atoms with van der Waals surface area (Å²) in [7, 11) is 1.59. The highest BCUT2D eigenvalue weighted by molar-refractivity contribution is 6.42. The monoisotopic (exact) mass is 403 g/mol. The number of benzene rings is 2. The Bertz CT molecular complexity index is 970. The van der Waals surface area contributed by atoms with Gasteiger partial charge in [0.15, 0.2) is 0 Å². The zero-order valence-corrected chi connectivity index (χ0v) is 16.5. The first kappa shape index (κ1) is 19.3. The number of aromatic nitrogens is 2. The van der Waals surface area contributed by atoms with Crippen LogP contribution in [0.15, 0.2) is 48.7 Å². The minimum Gasteiger partial charge on any atom is -0.496 e. The molecule has 1 amide bonds. The van der Waals surface area contributed by atoms with E-state index in [-0.39, 0.29) is 12.3 Å². The molecular weight excluding hydrogens is 385 g/mol. The molecule has 3 aromatic rings. The molecule has 0 aliphatic carbocycles. The maximum absolute atomic E-state index is 12.5. The quantitative estimate of drug-likeness (QED) is 0.646. The van der Waals surface area contributed by atoms with E-state index in [0.717, 1.165) is 16.7 Å². The molecular formula is C20H19Cl2N3O2. The molecule has 0 fully saturated rings. The van der Waals surface area contributed by atoms with Crippen molar-refractivity contribution in [3.63, 3.8) is 0 Å². The number of hydrogen-bond donors (Lipinski definition) is 1. The lowest BCUT2D eigenvalue weighted by molar-refractivity contribution is -0.115. The van der Waals surface area contributed by atoms with Gasteiger partial charge in [-0.3, -0.25) is 4.79 Å². The minimum atomic E-state index is -0.155. The van der Waals surface area contributed by atoms with Crippen LogP contribution >= 0.6 is 23.2 Å². The number of anilines is 1. The van der Waals surface area contributed by atoms with Gasteiger partial charge in [-0.1, -0.05) is 53.0 Å². The molecule has 0 unspecified atom stereocenters. The van der Waals surface area contributed by atoms with E-state index in [1.54, 1.807) is 30.1 Å². The molecule has 140 valence electrons. The first-order chi connectivity index (χ1) is 13.0. The number of rotatable bonds is 6. The molecule has 2 aromatic carbocycles. The molecule has 0 aliphatic rings. The highest BCUT2D eigenvalue weighted by Crippen LogP contribution is 2.27. The van der Waals surface area contributed by atoms with Gasteiger partial charge in [0.1, 0.15) is 11.6 Å². The summed E-state index contributed by atoms with van der Waals surface area (Å²) >= 11 is 12.3. The van der Waals surface area contributed by atoms with E-state index in [2.05, 4.69) is 10.4 Å². The Kier molecular flexibility index (Phi) is 6.04. The summed E-state index contributed by atoms with van der Waals surface area (Å²) in [5.74, 6) is 1.12. The predicted octanol–water partition coefficient (Wildman–Crippen LogP) is 4.74. The number of hydrogen-bond acceptors (Lipinski definition) is 3. The van der Waals surface area contributed by atoms with Crippen molar-refractivity contribution in [3.05, 3.63) is 75.4 Å². The fourth-order valence-electron chi connectivity index (χ4n) is 2.80. The Morgan fingerprint density at radius 2 is 2.00 bits per heavy atom. The number of amides is 1. The highest BCUT2D eigenvalue weighted by Gasteiger charge is 2.13. The third kappa shape index (κ3) is 4.62. The van der Waals surface area contributed by atoms with Crippen LogP contribution in [0.2, 0.25) is 10.0 Å². The summed E-state index contributed by atoms with van der Waals surface area (Å²) in [5.41, 5.74) is 2.72. The zero-order chi connectivity index (χ0) is 19.4. The van der Waals surface area contributed by atoms with Gasteiger partial charge in [0.2, 0.25) is 5.91 Å². The lowest BCUT2D eigenvalue weighted by Crippen LogP contribution is -2.18. The summed E-state index contributed by atoms with van der Waals surface area (Å²) in [5, 5.41) is 8.13. The second-order valence-electron chi connectivity index (χ2n) is 6.13. The molecule has 0 radical (unpaired) electrons. The van der Waals surface area contributed by atoms with Gasteiger partial charge in [-0.25, -0.2) is 4.68 Å². The summed E-state index contributed by atoms with van der Waals surface area (Å²) in [6.07, 6.45) is 1.83. The lowest BCUT2D eigenvalue weighted by atomic mass is 10.1. The van der Waals surface area contributed by atoms with Crippen LogP contribution in [-0.2, 0) is 17.8 Å². The Morgan fingerprint density at radius 1 is 1.19 bits per heavy atom. The average molecular weight is 404 g/mol. The van der Waals surface area contributed by atoms with Gasteiger partial charge in [-0.05, 0) is 24.6 Å². The molecule has 0 saturated carbocycles. The maximum atomic E-state index is 12.5. The first-order valence-electron chi connectivity index (χ1n) is 8.36. The van der Waals surface area contributed by atoms with Crippen LogP contribution in [0.5, 0.6) is 5.75 Å². The van der Waals surface area contributed by atoms with Gasteiger partial charge in [0, 0.05) is 11.6 Å². The van der Waals surface area contributed by atoms with Crippen LogP contribution in [0.4, 0.5) is 5.82 Å². The topological polar surface area (TPSA) is 56.1 Å². The van der Waals surface area contributed by atoms with Gasteiger partial charge in [-0.2, -0.15) is 5.10 Å². The summed E-state index contributed by atoms with van der Waals surface area (Å²) < 4.78 is 7.01. The third-order valence-corrected chi connectivity index (χ3v) is 4.98. The van der Waals surface area contributed by atoms with Crippen LogP contribution in [-0.4, -0.2) is 22.8 Å². The van der Waals surface area contributed by atoms with E-state index in [1.165, 1.54) is 0 Å². The van der Waals surface area contributed by atoms with Crippen LogP contribution in [0.3, 0.4) is 0 Å². The molecule has 1 heterocycles. The number of ether oxygens (including phenoxy) is 1. The zero-order valence-electron chi connectivity index (χ0n) is 15.0. The lowest BCUT2D eigenvalue weighted by Gasteiger charge is -2.12. The van der Waals surface area contributed by atoms with Gasteiger partial charge >= 0.3 is 0 Å². The van der Waals surface area contributed by atoms with E-state index in [1.807, 2.05) is 37.3 Å². The van der Waals surface area contributed by atoms with Crippen molar-refractivity contribution in [2.75, 3.05) is 12.4 Å². The molecule has 0 atom stereocenters. The molecule has 3 rings (SSSR count). The molecule has 1 aromatic heterocycles. The van der Waals surface area contributed by atoms with E-state index < -0.39 is 0 Å². The van der Waals surface area contributed by atoms with E-state index in [4.69, 9.17) is 27.9 Å². The molecule has 0 bridgehead atoms. The summed E-state index contributed by atoms with van der Waals surface area (Å²) in [4.78, 5) is 12.5. The van der Waals surface area contributed by atoms with E-state index in [9.17, 15) is 4.79 Å². The fraction of sp³-hybridized carbons (Fsp3) is 0.200. The Hall–Kier alpha value is -2.50. The predicted molar refractivity (Wildman–Crippen MR) is 108 cm³/mol. The average Bonchev–Trinajstić information content (AvgIpc) is 3.06. The van der Waals surface area contributed by atoms with Crippen LogP contribution < -0.4 is 10.1 Å². The smallest absolute Gasteiger partial charge is 0.230 e. The molecule has 7 heteroatoms. The van der Waals surface area contributed by atoms with Crippen molar-refractivity contribution < 1.29 is 9.53 Å². The van der Waals surface area contributed by atoms with Gasteiger partial charge in [-0.15, -0.1) is 0 Å². The number of aryl methyl sites for hydroxylation is 1. The normalized spacial score (nSPS) is 10.7. The van der Waals surface area contributed by atoms with Crippen molar-refractivity contribution in [2.24, 2.45) is 0 Å². The number of methoxy groups -OCH3 is 1. The SMILES string of the molecule is COc1ccc(C)cc1CC(=O)Nc1ccnn1Cc1cccc(Cl)c1Cl. The second-order valence-corrected chi connectivity index (χ2v) is 6.91. The number of carbonyl (C=O) groups is 1. The minimum absolute atomic E-state index is 0.155. The standard InChI is InChI=1S/C20H19Cl2N3O2/c1-13-6-7-17(27-2)15(10-13)11-19(26)24-18-8-9-23-25(18)12-14-4-3-5-16(21)20(14)22/h3-10H,11-12H2,1-2H3,(H,24,26). The van der Waals surface area contributed by atoms with Gasteiger partial charge < -0.3 is 10.1 Å². The van der Waals surface area contributed by atoms with Gasteiger partial charge in [0.25, 0.3) is 0 Å². The number of nitrogens with one attached hydrogen (secondary N) is 1. The molecule has 1 N–H and O–H groups in total. The highest BCUT2D eigenvalue weighted by atomic mass is 35.5. The van der Waals surface area contributed by atoms with Crippen molar-refractivity contribution in [1.82, 2.24) is 9.78 Å². The number of nitrogens with zero attached hydrogens (tertiary/aromatic N) is 2. The number of carbonyl (C=O) groups excluding carboxylic acids is 1. The summed E-state index contributed by atoms with van der Waals surface area (Å²) in [6.45, 7) is 2.38. The van der Waals surface area contributed by atoms with E-state index >= 15 is 0 Å². The number of halogens is 2. The van der Waals surface area contributed by atoms with Crippen LogP contribution in [0.1, 0.15) is 16.7 Å². The van der Waals surface area contributed by atoms with Gasteiger partial charge in [0.05, 0.1) is 36.3 Å². The van der Waals surface area contributed by atoms with Crippen molar-refractivity contribution in [2.45, 2.75) is 19.9 Å². The molecule has 5 nitrogen and oxygen atoms in total. The summed E-state index contributed by atoms with van der Waals surface area (Å²) in [6, 6.07) is 12.9. The molecule has 0 aliphatic heterocycles. The molecule has 27 heavy (non-hydrogen) atoms. The third-order valence-electron chi connectivity index (χ3n) is 4.12. The van der Waals surface area contributed by atoms with Crippen LogP contribution in [0.25, 0.3) is 0 Å².